The lowest BCUT2D eigenvalue weighted by molar-refractivity contribution is -0.113. The van der Waals surface area contributed by atoms with E-state index >= 15 is 0 Å². The van der Waals surface area contributed by atoms with E-state index in [1.165, 1.54) is 65.2 Å². The van der Waals surface area contributed by atoms with Crippen molar-refractivity contribution in [2.75, 3.05) is 81.8 Å². The van der Waals surface area contributed by atoms with Crippen LogP contribution in [0, 0.1) is 17.6 Å². The summed E-state index contributed by atoms with van der Waals surface area (Å²) in [6.07, 6.45) is 10.1. The van der Waals surface area contributed by atoms with Gasteiger partial charge in [0.2, 0.25) is 23.2 Å². The third-order valence-corrected chi connectivity index (χ3v) is 24.8. The highest BCUT2D eigenvalue weighted by atomic mass is 35.5. The number of furan rings is 3. The lowest BCUT2D eigenvalue weighted by atomic mass is 10.1. The number of thioether (sulfide) groups is 4. The highest BCUT2D eigenvalue weighted by Gasteiger charge is 2.22. The van der Waals surface area contributed by atoms with E-state index < -0.39 is 0 Å². The number of methoxy groups -OCH3 is 2. The van der Waals surface area contributed by atoms with Gasteiger partial charge in [-0.3, -0.25) is 43.3 Å². The molecule has 1 aliphatic rings. The summed E-state index contributed by atoms with van der Waals surface area (Å²) in [6, 6.07) is 73.5. The number of nitriles is 1. The molecule has 0 bridgehead atoms. The predicted octanol–water partition coefficient (Wildman–Crippen LogP) is 23.0. The van der Waals surface area contributed by atoms with Crippen LogP contribution in [0.25, 0.3) is 61.2 Å². The molecule has 0 unspecified atom stereocenters. The van der Waals surface area contributed by atoms with Crippen LogP contribution >= 0.6 is 92.9 Å². The van der Waals surface area contributed by atoms with Crippen molar-refractivity contribution in [1.29, 1.82) is 5.26 Å². The molecule has 32 nitrogen and oxygen atoms in total. The van der Waals surface area contributed by atoms with Gasteiger partial charge in [-0.05, 0) is 139 Å². The minimum atomic E-state index is -0.304. The number of aromatic nitrogens is 6. The molecule has 16 aromatic rings. The monoisotopic (exact) mass is 2090 g/mol. The molecule has 1 aliphatic heterocycles. The Morgan fingerprint density at radius 3 is 1.50 bits per heavy atom. The first kappa shape index (κ1) is 112. The molecule has 5 aromatic carbocycles. The van der Waals surface area contributed by atoms with Gasteiger partial charge < -0.3 is 77.2 Å². The number of hydrogen-bond donors (Lipinski definition) is 6. The van der Waals surface area contributed by atoms with Gasteiger partial charge in [0.25, 0.3) is 29.5 Å². The second kappa shape index (κ2) is 62.1. The Hall–Kier alpha value is -15.3. The Balaban J connectivity index is 0.000000185. The SMILES string of the molecule is C.C=C(SCC(=O)Nc1ccc(Cl)cn1)c1ccccc1.C=CCNC(=O)c1cc(-c2ccccc2)on1.C=CCNC(=O)c1cc(-c2ccco2)on1.CCCNC(=O)c1cc(-c2ccccc2)on1.COc1ccc(CCNC(=O)c2cc(-c3ccco3)on2)cc1OC.Cc1ccc(C(=O)CSC#N)o1.O=C(CSC1=NCCS1)c1ccc(Cl)s1.O=C(NCCc1ccccc1)c1cc(-c2cccs2)on1. The van der Waals surface area contributed by atoms with E-state index in [0.717, 1.165) is 78.2 Å². The fourth-order valence-electron chi connectivity index (χ4n) is 11.6. The number of Topliss-reactive ketones (excluding diaryl/α,β-unsaturated/α-hetero) is 2. The number of thiophene rings is 2. The first-order valence-corrected chi connectivity index (χ1v) is 49.9. The number of carbonyl (C=O) groups is 8. The molecule has 40 heteroatoms. The third-order valence-electron chi connectivity index (χ3n) is 18.6. The molecule has 144 heavy (non-hydrogen) atoms. The van der Waals surface area contributed by atoms with Crippen LogP contribution in [0.1, 0.15) is 116 Å². The molecule has 17 rings (SSSR count). The van der Waals surface area contributed by atoms with E-state index in [4.69, 9.17) is 73.8 Å². The Bertz CT molecular complexity index is 6760. The normalized spacial score (nSPS) is 10.6. The van der Waals surface area contributed by atoms with E-state index in [-0.39, 0.29) is 83.0 Å². The van der Waals surface area contributed by atoms with Gasteiger partial charge in [-0.25, -0.2) is 4.98 Å². The van der Waals surface area contributed by atoms with E-state index in [1.807, 2.05) is 169 Å². The van der Waals surface area contributed by atoms with Crippen LogP contribution < -0.4 is 41.4 Å². The molecule has 6 amide bonds. The number of nitrogens with one attached hydrogen (secondary N) is 6. The van der Waals surface area contributed by atoms with Crippen LogP contribution in [0.5, 0.6) is 11.5 Å². The van der Waals surface area contributed by atoms with Gasteiger partial charge in [-0.1, -0.05) is 239 Å². The largest absolute Gasteiger partial charge is 0.493 e. The Morgan fingerprint density at radius 1 is 0.521 bits per heavy atom. The molecule has 12 heterocycles. The van der Waals surface area contributed by atoms with Gasteiger partial charge in [-0.2, -0.15) is 5.26 Å². The third kappa shape index (κ3) is 38.3. The molecule has 0 saturated carbocycles. The average molecular weight is 2100 g/mol. The molecule has 744 valence electrons. The summed E-state index contributed by atoms with van der Waals surface area (Å²) in [6.45, 7) is 18.1. The Kier molecular flexibility index (Phi) is 48.4. The number of nitrogens with zero attached hydrogens (tertiary/aromatic N) is 8. The van der Waals surface area contributed by atoms with E-state index in [0.29, 0.717) is 135 Å². The number of hydrogen-bond acceptors (Lipinski definition) is 32. The standard InChI is InChI=1S/C18H18N2O5.C16H14N2O2S.C15H13ClN2OS.C13H14N2O2.C13H12N2O2.C11H10N2O3.C9H8ClNOS3.C8H7NO2S.CH4/c1-22-14-6-5-12(10-16(14)23-2)7-8-19-18(21)13-11-17(25-20-13)15-4-3-9-24-15;19-16(17-9-8-12-5-2-1-3-6-12)13-11-14(20-18-13)15-7-4-10-21-15;1-11(12-5-3-2-4-6-12)20-10-15(19)18-14-8-7-13(16)9-17-14;2*1-2-8-14-13(16)11-9-12(17-15-11)10-6-4-3-5-7-10;1-2-5-12-11(14)8-7-10(16-13-8)9-4-3-6-15-9;10-8-2-1-7(15-8)6(12)5-14-9-11-3-4-13-9;1-6-2-3-8(11-6)7(10)4-12-5-9;/h3-6,9-11H,7-8H2,1-2H3,(H,19,21);1-7,10-11H,8-9H2,(H,17,19);2-9H,1,10H2,(H,17,18,19);3-7,9H,2,8H2,1H3,(H,14,16);2-7,9H,1,8H2,(H,14,16);2-4,6-7H,1,5H2,(H,12,14);1-2H,3-5H2;2-3H,4H2,1H3;1H4. The molecule has 0 atom stereocenters. The molecule has 0 spiro atoms. The summed E-state index contributed by atoms with van der Waals surface area (Å²) in [7, 11) is 3.18. The van der Waals surface area contributed by atoms with E-state index in [9.17, 15) is 38.4 Å². The van der Waals surface area contributed by atoms with Crippen molar-refractivity contribution < 1.29 is 83.7 Å². The first-order chi connectivity index (χ1) is 69.6. The lowest BCUT2D eigenvalue weighted by Gasteiger charge is -2.09. The van der Waals surface area contributed by atoms with Gasteiger partial charge in [0, 0.05) is 91.0 Å². The molecule has 0 aliphatic carbocycles. The number of ether oxygens (including phenoxy) is 2. The minimum absolute atomic E-state index is 0. The zero-order valence-electron chi connectivity index (χ0n) is 77.5. The fourth-order valence-corrected chi connectivity index (χ4v) is 16.4. The maximum atomic E-state index is 12.1. The molecular weight excluding hydrogens is 2000 g/mol. The van der Waals surface area contributed by atoms with Crippen molar-refractivity contribution >= 4 is 155 Å². The first-order valence-electron chi connectivity index (χ1n) is 43.5. The number of halogens is 2. The van der Waals surface area contributed by atoms with Gasteiger partial charge in [0.15, 0.2) is 80.3 Å². The second-order valence-corrected chi connectivity index (χ2v) is 36.2. The summed E-state index contributed by atoms with van der Waals surface area (Å²) in [5.74, 6) is 7.09. The number of benzene rings is 5. The highest BCUT2D eigenvalue weighted by Crippen LogP contribution is 2.32. The summed E-state index contributed by atoms with van der Waals surface area (Å²) < 4.78 is 53.1. The fraction of sp³-hybridized carbons (Fsp3) is 0.173. The molecule has 6 N–H and O–H groups in total. The van der Waals surface area contributed by atoms with Gasteiger partial charge in [0.1, 0.15) is 21.4 Å². The van der Waals surface area contributed by atoms with Crippen molar-refractivity contribution in [3.05, 3.63) is 370 Å². The highest BCUT2D eigenvalue weighted by molar-refractivity contribution is 8.39. The molecule has 11 aromatic heterocycles. The smallest absolute Gasteiger partial charge is 0.273 e. The molecule has 0 saturated heterocycles. The van der Waals surface area contributed by atoms with Crippen LogP contribution in [0.2, 0.25) is 9.36 Å². The van der Waals surface area contributed by atoms with Gasteiger partial charge >= 0.3 is 0 Å². The quantitative estimate of drug-likeness (QED) is 0.0122. The summed E-state index contributed by atoms with van der Waals surface area (Å²) >= 11 is 19.9. The topological polar surface area (TPSA) is 446 Å². The summed E-state index contributed by atoms with van der Waals surface area (Å²) in [4.78, 5) is 104. The van der Waals surface area contributed by atoms with Crippen molar-refractivity contribution in [3.8, 4) is 73.2 Å². The van der Waals surface area contributed by atoms with E-state index in [1.54, 1.807) is 141 Å². The number of rotatable bonds is 35. The molecule has 0 radical (unpaired) electrons. The van der Waals surface area contributed by atoms with Crippen molar-refractivity contribution in [2.45, 2.75) is 40.5 Å². The van der Waals surface area contributed by atoms with Crippen LogP contribution in [-0.4, -0.2) is 159 Å². The van der Waals surface area contributed by atoms with Crippen LogP contribution in [0.15, 0.2) is 340 Å². The van der Waals surface area contributed by atoms with Crippen molar-refractivity contribution in [1.82, 2.24) is 57.4 Å². The van der Waals surface area contributed by atoms with Crippen LogP contribution in [0.4, 0.5) is 5.82 Å². The zero-order valence-corrected chi connectivity index (χ0v) is 83.9. The summed E-state index contributed by atoms with van der Waals surface area (Å²) in [5, 5.41) is 47.6. The lowest BCUT2D eigenvalue weighted by Crippen LogP contribution is -2.25. The maximum absolute atomic E-state index is 12.1. The number of ketones is 2. The Labute approximate surface area is 865 Å². The predicted molar refractivity (Wildman–Crippen MR) is 567 cm³/mol. The molecule has 0 fully saturated rings. The number of thiocyanates is 1. The number of pyridine rings is 1. The van der Waals surface area contributed by atoms with E-state index in [2.05, 4.69) is 87.4 Å². The average Bonchev–Trinajstić information content (AvgIpc) is 1.71. The maximum Gasteiger partial charge on any atom is 0.273 e. The Morgan fingerprint density at radius 2 is 1.03 bits per heavy atom. The summed E-state index contributed by atoms with van der Waals surface area (Å²) in [5.41, 5.74) is 6.36. The number of anilines is 1. The minimum Gasteiger partial charge on any atom is -0.493 e. The van der Waals surface area contributed by atoms with Crippen molar-refractivity contribution in [2.24, 2.45) is 4.99 Å². The van der Waals surface area contributed by atoms with Crippen molar-refractivity contribution in [3.63, 3.8) is 0 Å². The number of aryl methyl sites for hydroxylation is 1. The van der Waals surface area contributed by atoms with Gasteiger partial charge in [0.05, 0.1) is 69.7 Å². The van der Waals surface area contributed by atoms with Crippen LogP contribution in [-0.2, 0) is 17.6 Å². The number of amides is 6. The van der Waals surface area contributed by atoms with Crippen LogP contribution in [0.3, 0.4) is 0 Å². The number of carbonyl (C=O) groups excluding carboxylic acids is 8. The van der Waals surface area contributed by atoms with Gasteiger partial charge in [-0.15, -0.1) is 47.6 Å². The molecular formula is C104H100Cl2N14O18S6. The number of aliphatic imine (C=N–C) groups is 1. The second-order valence-electron chi connectivity index (χ2n) is 29.0. The zero-order chi connectivity index (χ0) is 102.